The van der Waals surface area contributed by atoms with Gasteiger partial charge >= 0.3 is 5.97 Å². The van der Waals surface area contributed by atoms with Crippen LogP contribution in [-0.2, 0) is 4.79 Å². The highest BCUT2D eigenvalue weighted by molar-refractivity contribution is 6.29. The van der Waals surface area contributed by atoms with Gasteiger partial charge in [-0.1, -0.05) is 24.8 Å². The number of anilines is 1. The Labute approximate surface area is 168 Å². The van der Waals surface area contributed by atoms with Gasteiger partial charge in [-0.15, -0.1) is 0 Å². The first-order chi connectivity index (χ1) is 14.0. The number of nitrogens with one attached hydrogen (secondary N) is 2. The summed E-state index contributed by atoms with van der Waals surface area (Å²) >= 11 is 0. The predicted molar refractivity (Wildman–Crippen MR) is 113 cm³/mol. The van der Waals surface area contributed by atoms with Crippen LogP contribution in [0.1, 0.15) is 21.5 Å². The number of carbonyl (C=O) groups is 2. The number of guanidine groups is 1. The number of ketones is 1. The number of allylic oxidation sites excluding steroid dienone is 1. The molecule has 7 heteroatoms. The normalized spacial score (nSPS) is 12.9. The highest BCUT2D eigenvalue weighted by atomic mass is 16.5. The van der Waals surface area contributed by atoms with Gasteiger partial charge in [0.25, 0.3) is 0 Å². The first kappa shape index (κ1) is 19.9. The smallest absolute Gasteiger partial charge is 0.328 e. The Morgan fingerprint density at radius 1 is 1.28 bits per heavy atom. The molecule has 2 aromatic carbocycles. The standard InChI is InChI=1S/C22H21N3O4/c1-14(16-4-3-5-17(12-16)25-22-23-10-11-24-22)21(28)19-13-18(29-2)8-6-15(19)7-9-20(26)27/h3-9,12-13H,1,10-11H2,2H3,(H,26,27)(H2,23,24,25). The van der Waals surface area contributed by atoms with Crippen LogP contribution in [0.15, 0.2) is 60.1 Å². The molecule has 0 saturated heterocycles. The molecule has 0 fully saturated rings. The van der Waals surface area contributed by atoms with E-state index in [1.165, 1.54) is 13.2 Å². The summed E-state index contributed by atoms with van der Waals surface area (Å²) in [7, 11) is 1.50. The van der Waals surface area contributed by atoms with Gasteiger partial charge in [0.2, 0.25) is 0 Å². The van der Waals surface area contributed by atoms with Crippen molar-refractivity contribution in [2.45, 2.75) is 0 Å². The van der Waals surface area contributed by atoms with E-state index in [1.54, 1.807) is 24.3 Å². The topological polar surface area (TPSA) is 100 Å². The van der Waals surface area contributed by atoms with Crippen molar-refractivity contribution in [1.82, 2.24) is 5.32 Å². The number of methoxy groups -OCH3 is 1. The lowest BCUT2D eigenvalue weighted by Gasteiger charge is -2.12. The number of aliphatic imine (C=N–C) groups is 1. The van der Waals surface area contributed by atoms with Crippen molar-refractivity contribution in [2.75, 3.05) is 25.5 Å². The van der Waals surface area contributed by atoms with E-state index in [9.17, 15) is 9.59 Å². The summed E-state index contributed by atoms with van der Waals surface area (Å²) in [5.41, 5.74) is 2.49. The van der Waals surface area contributed by atoms with Crippen LogP contribution in [0.2, 0.25) is 0 Å². The number of hydrogen-bond donors (Lipinski definition) is 3. The first-order valence-corrected chi connectivity index (χ1v) is 8.96. The number of carbonyl (C=O) groups excluding carboxylic acids is 1. The van der Waals surface area contributed by atoms with E-state index in [0.29, 0.717) is 28.4 Å². The lowest BCUT2D eigenvalue weighted by Crippen LogP contribution is -2.26. The number of ether oxygens (including phenoxy) is 1. The SMILES string of the molecule is C=C(C(=O)c1cc(OC)ccc1C=CC(=O)O)c1cccc(NC2=NCCN2)c1. The maximum Gasteiger partial charge on any atom is 0.328 e. The third-order valence-electron chi connectivity index (χ3n) is 4.33. The van der Waals surface area contributed by atoms with Crippen LogP contribution in [-0.4, -0.2) is 43.0 Å². The zero-order valence-electron chi connectivity index (χ0n) is 15.9. The fraction of sp³-hybridized carbons (Fsp3) is 0.136. The Morgan fingerprint density at radius 2 is 2.10 bits per heavy atom. The second-order valence-corrected chi connectivity index (χ2v) is 6.30. The number of nitrogens with zero attached hydrogens (tertiary/aromatic N) is 1. The highest BCUT2D eigenvalue weighted by Gasteiger charge is 2.17. The minimum absolute atomic E-state index is 0.285. The third kappa shape index (κ3) is 4.90. The summed E-state index contributed by atoms with van der Waals surface area (Å²) in [4.78, 5) is 28.3. The van der Waals surface area contributed by atoms with E-state index in [0.717, 1.165) is 24.9 Å². The quantitative estimate of drug-likeness (QED) is 0.495. The van der Waals surface area contributed by atoms with Crippen LogP contribution in [0.4, 0.5) is 5.69 Å². The summed E-state index contributed by atoms with van der Waals surface area (Å²) in [6, 6.07) is 12.2. The van der Waals surface area contributed by atoms with Crippen LogP contribution >= 0.6 is 0 Å². The molecule has 0 aromatic heterocycles. The van der Waals surface area contributed by atoms with Crippen LogP contribution in [0.5, 0.6) is 5.75 Å². The predicted octanol–water partition coefficient (Wildman–Crippen LogP) is 3.06. The maximum absolute atomic E-state index is 13.1. The molecule has 2 aromatic rings. The lowest BCUT2D eigenvalue weighted by atomic mass is 9.94. The van der Waals surface area contributed by atoms with Crippen LogP contribution < -0.4 is 15.4 Å². The van der Waals surface area contributed by atoms with Gasteiger partial charge in [-0.25, -0.2) is 4.79 Å². The van der Waals surface area contributed by atoms with Crippen molar-refractivity contribution in [3.05, 3.63) is 71.8 Å². The fourth-order valence-corrected chi connectivity index (χ4v) is 2.86. The number of rotatable bonds is 7. The third-order valence-corrected chi connectivity index (χ3v) is 4.33. The Kier molecular flexibility index (Phi) is 6.09. The molecule has 1 aliphatic heterocycles. The number of aliphatic carboxylic acids is 1. The van der Waals surface area contributed by atoms with Gasteiger partial charge in [-0.05, 0) is 41.5 Å². The molecular formula is C22H21N3O4. The van der Waals surface area contributed by atoms with E-state index >= 15 is 0 Å². The average molecular weight is 391 g/mol. The lowest BCUT2D eigenvalue weighted by molar-refractivity contribution is -0.131. The summed E-state index contributed by atoms with van der Waals surface area (Å²) in [5, 5.41) is 15.2. The molecule has 0 spiro atoms. The van der Waals surface area contributed by atoms with Crippen molar-refractivity contribution in [1.29, 1.82) is 0 Å². The Hall–Kier alpha value is -3.87. The van der Waals surface area contributed by atoms with Gasteiger partial charge in [0.1, 0.15) is 5.75 Å². The molecule has 1 aliphatic rings. The zero-order valence-corrected chi connectivity index (χ0v) is 15.9. The van der Waals surface area contributed by atoms with Crippen LogP contribution in [0, 0.1) is 0 Å². The molecule has 0 bridgehead atoms. The minimum Gasteiger partial charge on any atom is -0.497 e. The molecule has 3 N–H and O–H groups in total. The summed E-state index contributed by atoms with van der Waals surface area (Å²) < 4.78 is 5.21. The van der Waals surface area contributed by atoms with Gasteiger partial charge in [0.05, 0.1) is 13.7 Å². The second kappa shape index (κ2) is 8.88. The van der Waals surface area contributed by atoms with E-state index < -0.39 is 5.97 Å². The molecule has 29 heavy (non-hydrogen) atoms. The highest BCUT2D eigenvalue weighted by Crippen LogP contribution is 2.26. The zero-order chi connectivity index (χ0) is 20.8. The monoisotopic (exact) mass is 391 g/mol. The largest absolute Gasteiger partial charge is 0.497 e. The Balaban J connectivity index is 1.89. The molecule has 0 amide bonds. The molecule has 0 radical (unpaired) electrons. The molecule has 3 rings (SSSR count). The van der Waals surface area contributed by atoms with Crippen molar-refractivity contribution in [3.8, 4) is 5.75 Å². The maximum atomic E-state index is 13.1. The van der Waals surface area contributed by atoms with E-state index in [2.05, 4.69) is 22.2 Å². The number of carboxylic acid groups (broad SMARTS) is 1. The molecule has 7 nitrogen and oxygen atoms in total. The Morgan fingerprint density at radius 3 is 2.79 bits per heavy atom. The fourth-order valence-electron chi connectivity index (χ4n) is 2.86. The molecule has 148 valence electrons. The number of Topliss-reactive ketones (excluding diaryl/α,β-unsaturated/α-hetero) is 1. The number of hydrogen-bond acceptors (Lipinski definition) is 6. The molecule has 0 saturated carbocycles. The summed E-state index contributed by atoms with van der Waals surface area (Å²) in [6.45, 7) is 5.47. The summed E-state index contributed by atoms with van der Waals surface area (Å²) in [5.74, 6) is -0.231. The van der Waals surface area contributed by atoms with Gasteiger partial charge < -0.3 is 20.5 Å². The van der Waals surface area contributed by atoms with Crippen molar-refractivity contribution >= 4 is 35.0 Å². The van der Waals surface area contributed by atoms with Crippen LogP contribution in [0.25, 0.3) is 11.6 Å². The average Bonchev–Trinajstić information content (AvgIpc) is 3.24. The first-order valence-electron chi connectivity index (χ1n) is 8.96. The van der Waals surface area contributed by atoms with Crippen molar-refractivity contribution in [2.24, 2.45) is 4.99 Å². The van der Waals surface area contributed by atoms with E-state index in [-0.39, 0.29) is 11.4 Å². The molecule has 1 heterocycles. The van der Waals surface area contributed by atoms with E-state index in [1.807, 2.05) is 18.2 Å². The van der Waals surface area contributed by atoms with Gasteiger partial charge in [-0.3, -0.25) is 9.79 Å². The second-order valence-electron chi connectivity index (χ2n) is 6.30. The van der Waals surface area contributed by atoms with E-state index in [4.69, 9.17) is 9.84 Å². The molecular weight excluding hydrogens is 370 g/mol. The number of benzene rings is 2. The molecule has 0 aliphatic carbocycles. The van der Waals surface area contributed by atoms with Gasteiger partial charge in [-0.2, -0.15) is 0 Å². The molecule has 0 unspecified atom stereocenters. The van der Waals surface area contributed by atoms with Gasteiger partial charge in [0.15, 0.2) is 11.7 Å². The van der Waals surface area contributed by atoms with Gasteiger partial charge in [0, 0.05) is 29.4 Å². The summed E-state index contributed by atoms with van der Waals surface area (Å²) in [6.07, 6.45) is 2.37. The number of carboxylic acids is 1. The van der Waals surface area contributed by atoms with Crippen molar-refractivity contribution in [3.63, 3.8) is 0 Å². The van der Waals surface area contributed by atoms with Crippen LogP contribution in [0.3, 0.4) is 0 Å². The van der Waals surface area contributed by atoms with Crippen molar-refractivity contribution < 1.29 is 19.4 Å². The minimum atomic E-state index is -1.10. The molecule has 0 atom stereocenters. The Bertz CT molecular complexity index is 1020.